The maximum atomic E-state index is 12.6. The first kappa shape index (κ1) is 18.6. The number of pyridine rings is 3. The average Bonchev–Trinajstić information content (AvgIpc) is 3.29. The molecule has 0 aromatic carbocycles. The first-order valence-corrected chi connectivity index (χ1v) is 9.64. The van der Waals surface area contributed by atoms with Gasteiger partial charge in [-0.1, -0.05) is 6.07 Å². The monoisotopic (exact) mass is 404 g/mol. The number of carbonyl (C=O) groups excluding carboxylic acids is 1. The summed E-state index contributed by atoms with van der Waals surface area (Å²) in [6, 6.07) is 14.1. The molecule has 4 heterocycles. The van der Waals surface area contributed by atoms with Crippen LogP contribution in [0.3, 0.4) is 0 Å². The molecule has 0 fully saturated rings. The molecule has 0 spiro atoms. The minimum atomic E-state index is -0.559. The molecule has 4 aromatic rings. The van der Waals surface area contributed by atoms with E-state index >= 15 is 0 Å². The molecule has 8 heteroatoms. The standard InChI is InChI=1S/C21H16N4O3S/c26-20-15(5-6-16(24-20)18-4-2-12-29-18)21(27)25-19-17(3-1-9-23-19)28-13-14-7-10-22-11-8-14/h1-12H,13H2,(H,24,26)(H,23,25,27). The van der Waals surface area contributed by atoms with E-state index in [9.17, 15) is 9.59 Å². The van der Waals surface area contributed by atoms with Crippen LogP contribution in [0.2, 0.25) is 0 Å². The summed E-state index contributed by atoms with van der Waals surface area (Å²) < 4.78 is 5.77. The number of anilines is 1. The van der Waals surface area contributed by atoms with E-state index in [4.69, 9.17) is 4.74 Å². The van der Waals surface area contributed by atoms with Gasteiger partial charge in [0.2, 0.25) is 0 Å². The number of hydrogen-bond donors (Lipinski definition) is 2. The highest BCUT2D eigenvalue weighted by molar-refractivity contribution is 7.13. The van der Waals surface area contributed by atoms with Gasteiger partial charge in [0.15, 0.2) is 11.6 Å². The Hall–Kier alpha value is -3.78. The fourth-order valence-corrected chi connectivity index (χ4v) is 3.35. The number of aromatic amines is 1. The number of H-pyrrole nitrogens is 1. The molecule has 0 aliphatic carbocycles. The molecule has 0 unspecified atom stereocenters. The van der Waals surface area contributed by atoms with Gasteiger partial charge >= 0.3 is 0 Å². The molecule has 0 aliphatic rings. The Morgan fingerprint density at radius 2 is 1.93 bits per heavy atom. The normalized spacial score (nSPS) is 10.5. The quantitative estimate of drug-likeness (QED) is 0.510. The Morgan fingerprint density at radius 1 is 1.07 bits per heavy atom. The fraction of sp³-hybridized carbons (Fsp3) is 0.0476. The lowest BCUT2D eigenvalue weighted by Crippen LogP contribution is -2.23. The Bertz CT molecular complexity index is 1170. The summed E-state index contributed by atoms with van der Waals surface area (Å²) >= 11 is 1.51. The van der Waals surface area contributed by atoms with Gasteiger partial charge in [0.25, 0.3) is 11.5 Å². The molecule has 4 aromatic heterocycles. The molecule has 0 saturated carbocycles. The number of ether oxygens (including phenoxy) is 1. The number of thiophene rings is 1. The minimum Gasteiger partial charge on any atom is -0.485 e. The molecule has 0 radical (unpaired) electrons. The third kappa shape index (κ3) is 4.39. The van der Waals surface area contributed by atoms with Crippen LogP contribution in [-0.2, 0) is 6.61 Å². The van der Waals surface area contributed by atoms with E-state index in [0.717, 1.165) is 10.4 Å². The molecular weight excluding hydrogens is 388 g/mol. The summed E-state index contributed by atoms with van der Waals surface area (Å²) in [6.07, 6.45) is 4.90. The highest BCUT2D eigenvalue weighted by Crippen LogP contribution is 2.23. The van der Waals surface area contributed by atoms with E-state index in [0.29, 0.717) is 18.1 Å². The highest BCUT2D eigenvalue weighted by atomic mass is 32.1. The van der Waals surface area contributed by atoms with Crippen molar-refractivity contribution in [1.82, 2.24) is 15.0 Å². The summed E-state index contributed by atoms with van der Waals surface area (Å²) in [7, 11) is 0. The van der Waals surface area contributed by atoms with Crippen LogP contribution in [0.15, 0.2) is 77.3 Å². The van der Waals surface area contributed by atoms with Crippen LogP contribution in [0, 0.1) is 0 Å². The number of nitrogens with zero attached hydrogens (tertiary/aromatic N) is 2. The maximum Gasteiger partial charge on any atom is 0.262 e. The minimum absolute atomic E-state index is 0.00366. The molecule has 1 amide bonds. The van der Waals surface area contributed by atoms with E-state index in [1.54, 1.807) is 36.8 Å². The van der Waals surface area contributed by atoms with Crippen molar-refractivity contribution in [2.24, 2.45) is 0 Å². The van der Waals surface area contributed by atoms with Crippen molar-refractivity contribution in [2.45, 2.75) is 6.61 Å². The van der Waals surface area contributed by atoms with Crippen LogP contribution in [0.4, 0.5) is 5.82 Å². The largest absolute Gasteiger partial charge is 0.485 e. The third-order valence-corrected chi connectivity index (χ3v) is 4.99. The third-order valence-electron chi connectivity index (χ3n) is 4.09. The van der Waals surface area contributed by atoms with E-state index in [-0.39, 0.29) is 11.4 Å². The molecule has 4 rings (SSSR count). The van der Waals surface area contributed by atoms with Crippen LogP contribution in [0.5, 0.6) is 5.75 Å². The van der Waals surface area contributed by atoms with Crippen LogP contribution in [-0.4, -0.2) is 20.9 Å². The van der Waals surface area contributed by atoms with Gasteiger partial charge in [-0.3, -0.25) is 14.6 Å². The summed E-state index contributed by atoms with van der Waals surface area (Å²) in [6.45, 7) is 0.299. The van der Waals surface area contributed by atoms with Crippen LogP contribution >= 0.6 is 11.3 Å². The Balaban J connectivity index is 1.51. The Kier molecular flexibility index (Phi) is 5.44. The first-order chi connectivity index (χ1) is 14.2. The van der Waals surface area contributed by atoms with Gasteiger partial charge in [0.1, 0.15) is 12.2 Å². The molecule has 2 N–H and O–H groups in total. The molecule has 7 nitrogen and oxygen atoms in total. The second-order valence-corrected chi connectivity index (χ2v) is 6.99. The Morgan fingerprint density at radius 3 is 2.69 bits per heavy atom. The topological polar surface area (TPSA) is 97.0 Å². The van der Waals surface area contributed by atoms with Crippen LogP contribution in [0.1, 0.15) is 15.9 Å². The smallest absolute Gasteiger partial charge is 0.262 e. The van der Waals surface area contributed by atoms with Crippen molar-refractivity contribution in [2.75, 3.05) is 5.32 Å². The molecule has 29 heavy (non-hydrogen) atoms. The lowest BCUT2D eigenvalue weighted by molar-refractivity contribution is 0.102. The van der Waals surface area contributed by atoms with E-state index in [2.05, 4.69) is 20.3 Å². The second kappa shape index (κ2) is 8.49. The van der Waals surface area contributed by atoms with Crippen LogP contribution < -0.4 is 15.6 Å². The summed E-state index contributed by atoms with van der Waals surface area (Å²) in [5, 5.41) is 4.57. The SMILES string of the molecule is O=C(Nc1ncccc1OCc1ccncc1)c1ccc(-c2cccs2)[nH]c1=O. The number of carbonyl (C=O) groups is 1. The van der Waals surface area contributed by atoms with Gasteiger partial charge in [0, 0.05) is 18.6 Å². The van der Waals surface area contributed by atoms with Gasteiger partial charge in [0.05, 0.1) is 10.6 Å². The zero-order valence-electron chi connectivity index (χ0n) is 15.2. The predicted octanol–water partition coefficient (Wildman–Crippen LogP) is 3.72. The van der Waals surface area contributed by atoms with Crippen molar-refractivity contribution in [3.8, 4) is 16.3 Å². The summed E-state index contributed by atoms with van der Waals surface area (Å²) in [5.41, 5.74) is 1.13. The zero-order valence-corrected chi connectivity index (χ0v) is 16.0. The second-order valence-electron chi connectivity index (χ2n) is 6.04. The van der Waals surface area contributed by atoms with Gasteiger partial charge < -0.3 is 15.0 Å². The van der Waals surface area contributed by atoms with Crippen molar-refractivity contribution >= 4 is 23.1 Å². The zero-order chi connectivity index (χ0) is 20.1. The molecule has 0 aliphatic heterocycles. The summed E-state index contributed by atoms with van der Waals surface area (Å²) in [4.78, 5) is 36.8. The number of rotatable bonds is 6. The van der Waals surface area contributed by atoms with Gasteiger partial charge in [-0.15, -0.1) is 11.3 Å². The van der Waals surface area contributed by atoms with E-state index in [1.807, 2.05) is 29.6 Å². The molecule has 0 bridgehead atoms. The van der Waals surface area contributed by atoms with Crippen molar-refractivity contribution in [1.29, 1.82) is 0 Å². The molecule has 0 saturated heterocycles. The summed E-state index contributed by atoms with van der Waals surface area (Å²) in [5.74, 6) is 0.0917. The first-order valence-electron chi connectivity index (χ1n) is 8.76. The van der Waals surface area contributed by atoms with Crippen LogP contribution in [0.25, 0.3) is 10.6 Å². The number of amides is 1. The average molecular weight is 404 g/mol. The number of nitrogens with one attached hydrogen (secondary N) is 2. The molecule has 144 valence electrons. The number of aromatic nitrogens is 3. The molecular formula is C21H16N4O3S. The highest BCUT2D eigenvalue weighted by Gasteiger charge is 2.15. The lowest BCUT2D eigenvalue weighted by Gasteiger charge is -2.11. The number of hydrogen-bond acceptors (Lipinski definition) is 6. The van der Waals surface area contributed by atoms with Gasteiger partial charge in [-0.05, 0) is 53.4 Å². The van der Waals surface area contributed by atoms with Gasteiger partial charge in [-0.2, -0.15) is 0 Å². The lowest BCUT2D eigenvalue weighted by atomic mass is 10.2. The molecule has 0 atom stereocenters. The van der Waals surface area contributed by atoms with Crippen molar-refractivity contribution in [3.05, 3.63) is 94.0 Å². The van der Waals surface area contributed by atoms with E-state index < -0.39 is 11.5 Å². The van der Waals surface area contributed by atoms with Crippen molar-refractivity contribution < 1.29 is 9.53 Å². The fourth-order valence-electron chi connectivity index (χ4n) is 2.64. The predicted molar refractivity (Wildman–Crippen MR) is 111 cm³/mol. The van der Waals surface area contributed by atoms with E-state index in [1.165, 1.54) is 17.4 Å². The van der Waals surface area contributed by atoms with Gasteiger partial charge in [-0.25, -0.2) is 4.98 Å². The maximum absolute atomic E-state index is 12.6. The van der Waals surface area contributed by atoms with Crippen molar-refractivity contribution in [3.63, 3.8) is 0 Å². The Labute approximate surface area is 170 Å².